The fraction of sp³-hybridized carbons (Fsp3) is 0.625. The number of nitrogens with zero attached hydrogens (tertiary/aromatic N) is 1. The molecule has 3 nitrogen and oxygen atoms in total. The molecular weight excluding hydrogens is 142 g/mol. The van der Waals surface area contributed by atoms with E-state index in [1.165, 1.54) is 0 Å². The lowest BCUT2D eigenvalue weighted by molar-refractivity contribution is -0.130. The highest BCUT2D eigenvalue weighted by Gasteiger charge is 2.28. The maximum Gasteiger partial charge on any atom is 0.228 e. The number of hydrogen-bond acceptors (Lipinski definition) is 2. The monoisotopic (exact) mass is 155 g/mol. The van der Waals surface area contributed by atoms with Crippen molar-refractivity contribution in [1.82, 2.24) is 4.90 Å². The lowest BCUT2D eigenvalue weighted by atomic mass is 10.4. The molecule has 1 amide bonds. The molecule has 0 aromatic heterocycles. The Hall–Kier alpha value is -0.830. The lowest BCUT2D eigenvalue weighted by Crippen LogP contribution is -2.28. The van der Waals surface area contributed by atoms with Crippen LogP contribution in [0.2, 0.25) is 0 Å². The van der Waals surface area contributed by atoms with Crippen LogP contribution in [0.3, 0.4) is 0 Å². The fourth-order valence-electron chi connectivity index (χ4n) is 1.25. The molecule has 0 aromatic rings. The molecule has 62 valence electrons. The summed E-state index contributed by atoms with van der Waals surface area (Å²) in [7, 11) is 1.62. The van der Waals surface area contributed by atoms with Crippen LogP contribution in [-0.4, -0.2) is 24.1 Å². The summed E-state index contributed by atoms with van der Waals surface area (Å²) in [6, 6.07) is 0. The third-order valence-corrected chi connectivity index (χ3v) is 1.79. The molecule has 0 aromatic carbocycles. The zero-order valence-corrected chi connectivity index (χ0v) is 6.91. The molecule has 0 saturated carbocycles. The highest BCUT2D eigenvalue weighted by atomic mass is 16.5. The highest BCUT2D eigenvalue weighted by Crippen LogP contribution is 2.18. The van der Waals surface area contributed by atoms with Gasteiger partial charge in [-0.2, -0.15) is 0 Å². The van der Waals surface area contributed by atoms with Crippen LogP contribution in [0.15, 0.2) is 12.3 Å². The van der Waals surface area contributed by atoms with Crippen LogP contribution in [0.1, 0.15) is 19.8 Å². The summed E-state index contributed by atoms with van der Waals surface area (Å²) in [5, 5.41) is 0. The molecule has 1 aliphatic rings. The van der Waals surface area contributed by atoms with E-state index in [-0.39, 0.29) is 12.1 Å². The Labute approximate surface area is 66.6 Å². The Balaban J connectivity index is 2.63. The van der Waals surface area contributed by atoms with Crippen molar-refractivity contribution in [3.63, 3.8) is 0 Å². The van der Waals surface area contributed by atoms with E-state index >= 15 is 0 Å². The third kappa shape index (κ3) is 1.60. The second-order valence-electron chi connectivity index (χ2n) is 2.51. The maximum absolute atomic E-state index is 11.1. The van der Waals surface area contributed by atoms with E-state index in [2.05, 4.69) is 0 Å². The van der Waals surface area contributed by atoms with Gasteiger partial charge in [0.1, 0.15) is 6.23 Å². The fourth-order valence-corrected chi connectivity index (χ4v) is 1.25. The Morgan fingerprint density at radius 1 is 1.73 bits per heavy atom. The van der Waals surface area contributed by atoms with E-state index in [1.807, 2.05) is 13.0 Å². The molecule has 0 aliphatic carbocycles. The van der Waals surface area contributed by atoms with Crippen molar-refractivity contribution in [2.24, 2.45) is 0 Å². The molecular formula is C8H13NO2. The van der Waals surface area contributed by atoms with Gasteiger partial charge in [-0.05, 0) is 6.92 Å². The van der Waals surface area contributed by atoms with Crippen molar-refractivity contribution in [3.05, 3.63) is 12.3 Å². The molecule has 1 heterocycles. The summed E-state index contributed by atoms with van der Waals surface area (Å²) in [5.41, 5.74) is 0. The van der Waals surface area contributed by atoms with E-state index in [0.29, 0.717) is 6.42 Å². The Kier molecular flexibility index (Phi) is 2.65. The number of amides is 1. The smallest absolute Gasteiger partial charge is 0.228 e. The third-order valence-electron chi connectivity index (χ3n) is 1.79. The molecule has 3 heteroatoms. The largest absolute Gasteiger partial charge is 0.361 e. The highest BCUT2D eigenvalue weighted by molar-refractivity contribution is 5.79. The number of carbonyl (C=O) groups is 1. The van der Waals surface area contributed by atoms with E-state index < -0.39 is 0 Å². The number of carbonyl (C=O) groups excluding carboxylic acids is 1. The zero-order chi connectivity index (χ0) is 8.27. The first kappa shape index (κ1) is 8.27. The molecule has 0 bridgehead atoms. The minimum absolute atomic E-state index is 0.0429. The van der Waals surface area contributed by atoms with Gasteiger partial charge >= 0.3 is 0 Å². The minimum Gasteiger partial charge on any atom is -0.361 e. The molecule has 0 spiro atoms. The van der Waals surface area contributed by atoms with Gasteiger partial charge in [0.05, 0.1) is 0 Å². The normalized spacial score (nSPS) is 25.5. The summed E-state index contributed by atoms with van der Waals surface area (Å²) in [6.45, 7) is 1.89. The second-order valence-corrected chi connectivity index (χ2v) is 2.51. The van der Waals surface area contributed by atoms with E-state index in [1.54, 1.807) is 18.2 Å². The Morgan fingerprint density at radius 2 is 2.45 bits per heavy atom. The molecule has 1 rings (SSSR count). The average Bonchev–Trinajstić information content (AvgIpc) is 2.34. The molecule has 11 heavy (non-hydrogen) atoms. The second kappa shape index (κ2) is 3.53. The SMILES string of the molecule is C/C=C/N1C(=O)CCC1OC. The molecule has 0 N–H and O–H groups in total. The van der Waals surface area contributed by atoms with Crippen LogP contribution >= 0.6 is 0 Å². The molecule has 1 atom stereocenters. The van der Waals surface area contributed by atoms with Gasteiger partial charge in [-0.3, -0.25) is 9.69 Å². The van der Waals surface area contributed by atoms with E-state index in [4.69, 9.17) is 4.74 Å². The van der Waals surface area contributed by atoms with Crippen molar-refractivity contribution in [3.8, 4) is 0 Å². The first-order valence-electron chi connectivity index (χ1n) is 3.76. The number of ether oxygens (including phenoxy) is 1. The van der Waals surface area contributed by atoms with Crippen LogP contribution in [-0.2, 0) is 9.53 Å². The van der Waals surface area contributed by atoms with Crippen molar-refractivity contribution < 1.29 is 9.53 Å². The van der Waals surface area contributed by atoms with E-state index in [9.17, 15) is 4.79 Å². The van der Waals surface area contributed by atoms with Gasteiger partial charge in [0.15, 0.2) is 0 Å². The van der Waals surface area contributed by atoms with E-state index in [0.717, 1.165) is 6.42 Å². The van der Waals surface area contributed by atoms with Gasteiger partial charge in [0.2, 0.25) is 5.91 Å². The van der Waals surface area contributed by atoms with Crippen molar-refractivity contribution >= 4 is 5.91 Å². The van der Waals surface area contributed by atoms with Crippen molar-refractivity contribution in [2.75, 3.05) is 7.11 Å². The first-order chi connectivity index (χ1) is 5.29. The van der Waals surface area contributed by atoms with Crippen LogP contribution in [0, 0.1) is 0 Å². The van der Waals surface area contributed by atoms with Gasteiger partial charge < -0.3 is 4.74 Å². The summed E-state index contributed by atoms with van der Waals surface area (Å²) >= 11 is 0. The van der Waals surface area contributed by atoms with Gasteiger partial charge in [0.25, 0.3) is 0 Å². The quantitative estimate of drug-likeness (QED) is 0.598. The number of allylic oxidation sites excluding steroid dienone is 1. The van der Waals surface area contributed by atoms with Gasteiger partial charge in [-0.1, -0.05) is 6.08 Å². The number of rotatable bonds is 2. The summed E-state index contributed by atoms with van der Waals surface area (Å²) in [4.78, 5) is 12.8. The van der Waals surface area contributed by atoms with Crippen molar-refractivity contribution in [1.29, 1.82) is 0 Å². The molecule has 0 radical (unpaired) electrons. The predicted octanol–water partition coefficient (Wildman–Crippen LogP) is 1.11. The molecule has 1 aliphatic heterocycles. The molecule has 1 saturated heterocycles. The van der Waals surface area contributed by atoms with Crippen molar-refractivity contribution in [2.45, 2.75) is 26.0 Å². The minimum atomic E-state index is -0.0429. The summed E-state index contributed by atoms with van der Waals surface area (Å²) in [5.74, 6) is 0.148. The van der Waals surface area contributed by atoms with Crippen LogP contribution in [0.4, 0.5) is 0 Å². The molecule has 1 unspecified atom stereocenters. The van der Waals surface area contributed by atoms with Gasteiger partial charge in [-0.25, -0.2) is 0 Å². The van der Waals surface area contributed by atoms with Crippen LogP contribution in [0.5, 0.6) is 0 Å². The summed E-state index contributed by atoms with van der Waals surface area (Å²) < 4.78 is 5.10. The van der Waals surface area contributed by atoms with Gasteiger partial charge in [0, 0.05) is 26.2 Å². The standard InChI is InChI=1S/C8H13NO2/c1-3-6-9-7(10)4-5-8(9)11-2/h3,6,8H,4-5H2,1-2H3/b6-3+. The number of methoxy groups -OCH3 is 1. The topological polar surface area (TPSA) is 29.5 Å². The lowest BCUT2D eigenvalue weighted by Gasteiger charge is -2.18. The molecule has 1 fully saturated rings. The van der Waals surface area contributed by atoms with Crippen LogP contribution < -0.4 is 0 Å². The Bertz CT molecular complexity index is 177. The average molecular weight is 155 g/mol. The van der Waals surface area contributed by atoms with Crippen LogP contribution in [0.25, 0.3) is 0 Å². The van der Waals surface area contributed by atoms with Gasteiger partial charge in [-0.15, -0.1) is 0 Å². The number of hydrogen-bond donors (Lipinski definition) is 0. The maximum atomic E-state index is 11.1. The number of likely N-dealkylation sites (tertiary alicyclic amines) is 1. The first-order valence-corrected chi connectivity index (χ1v) is 3.76. The Morgan fingerprint density at radius 3 is 3.00 bits per heavy atom. The predicted molar refractivity (Wildman–Crippen MR) is 41.7 cm³/mol. The zero-order valence-electron chi connectivity index (χ0n) is 6.91. The summed E-state index contributed by atoms with van der Waals surface area (Å²) in [6.07, 6.45) is 4.97.